The van der Waals surface area contributed by atoms with Gasteiger partial charge in [-0.1, -0.05) is 41.9 Å². The molecule has 4 rings (SSSR count). The number of hydrogen-bond acceptors (Lipinski definition) is 9. The van der Waals surface area contributed by atoms with Crippen LogP contribution < -0.4 is 24.8 Å². The lowest BCUT2D eigenvalue weighted by Gasteiger charge is -2.25. The maximum absolute atomic E-state index is 9.75. The van der Waals surface area contributed by atoms with E-state index in [0.29, 0.717) is 41.8 Å². The molecule has 0 saturated carbocycles. The summed E-state index contributed by atoms with van der Waals surface area (Å²) >= 11 is 6.77. The zero-order valence-corrected chi connectivity index (χ0v) is 29.6. The van der Waals surface area contributed by atoms with Gasteiger partial charge in [0.05, 0.1) is 23.8 Å². The number of nitrogens with zero attached hydrogens (tertiary/aromatic N) is 2. The van der Waals surface area contributed by atoms with Crippen molar-refractivity contribution >= 4 is 11.6 Å². The highest BCUT2D eigenvalue weighted by Gasteiger charge is 2.19. The van der Waals surface area contributed by atoms with Crippen molar-refractivity contribution in [2.24, 2.45) is 0 Å². The SMILES string of the molecule is Cc1c(COc2cc(OCc3cncc(C#N)c3)c(CNC(C)(C)CO)cc2Cl)cccc1-c1cccc(OCCCNCCCO)c1C. The van der Waals surface area contributed by atoms with Crippen LogP contribution in [0, 0.1) is 25.2 Å². The van der Waals surface area contributed by atoms with Crippen LogP contribution >= 0.6 is 11.6 Å². The van der Waals surface area contributed by atoms with E-state index in [1.54, 1.807) is 18.3 Å². The molecule has 10 heteroatoms. The van der Waals surface area contributed by atoms with Crippen LogP contribution in [0.4, 0.5) is 0 Å². The van der Waals surface area contributed by atoms with Crippen LogP contribution in [0.15, 0.2) is 67.0 Å². The molecule has 0 atom stereocenters. The first-order chi connectivity index (χ1) is 23.7. The summed E-state index contributed by atoms with van der Waals surface area (Å²) in [6.07, 6.45) is 4.80. The van der Waals surface area contributed by atoms with Gasteiger partial charge in [0.25, 0.3) is 0 Å². The standard InChI is InChI=1S/C39H47ClN4O5/c1-27-31(9-5-10-33(27)34-11-6-12-36(28(34)2)47-16-8-14-42-13-7-15-45)25-49-38-19-37(48-24-30-17-29(20-41)21-43-22-30)32(18-35(38)40)23-44-39(3,4)26-46/h5-6,9-12,17-19,21-22,42,44-46H,7-8,13-16,23-26H2,1-4H3. The van der Waals surface area contributed by atoms with Crippen LogP contribution in [0.25, 0.3) is 11.1 Å². The molecular formula is C39H47ClN4O5. The third-order valence-corrected chi connectivity index (χ3v) is 8.55. The lowest BCUT2D eigenvalue weighted by molar-refractivity contribution is 0.186. The van der Waals surface area contributed by atoms with Gasteiger partial charge >= 0.3 is 0 Å². The number of pyridine rings is 1. The number of aromatic nitrogens is 1. The van der Waals surface area contributed by atoms with Crippen LogP contribution in [0.1, 0.15) is 60.1 Å². The number of rotatable bonds is 19. The number of ether oxygens (including phenoxy) is 3. The quantitative estimate of drug-likeness (QED) is 0.0802. The van der Waals surface area contributed by atoms with E-state index in [-0.39, 0.29) is 19.8 Å². The molecule has 9 nitrogen and oxygen atoms in total. The molecule has 0 aliphatic rings. The Morgan fingerprint density at radius 2 is 1.57 bits per heavy atom. The van der Waals surface area contributed by atoms with E-state index >= 15 is 0 Å². The first-order valence-electron chi connectivity index (χ1n) is 16.6. The molecule has 0 spiro atoms. The normalized spacial score (nSPS) is 11.3. The summed E-state index contributed by atoms with van der Waals surface area (Å²) in [7, 11) is 0. The fraction of sp³-hybridized carbons (Fsp3) is 0.385. The van der Waals surface area contributed by atoms with Gasteiger partial charge in [-0.3, -0.25) is 4.98 Å². The Hall–Kier alpha value is -4.17. The van der Waals surface area contributed by atoms with Gasteiger partial charge in [-0.05, 0) is 99.6 Å². The van der Waals surface area contributed by atoms with E-state index < -0.39 is 5.54 Å². The van der Waals surface area contributed by atoms with Crippen molar-refractivity contribution in [2.75, 3.05) is 32.9 Å². The molecule has 1 aromatic heterocycles. The Morgan fingerprint density at radius 3 is 2.33 bits per heavy atom. The van der Waals surface area contributed by atoms with Crippen molar-refractivity contribution in [3.05, 3.63) is 105 Å². The minimum absolute atomic E-state index is 0.0372. The Morgan fingerprint density at radius 1 is 0.837 bits per heavy atom. The first-order valence-corrected chi connectivity index (χ1v) is 16.9. The molecule has 0 amide bonds. The molecule has 4 aromatic rings. The molecule has 0 radical (unpaired) electrons. The Labute approximate surface area is 294 Å². The third kappa shape index (κ3) is 10.9. The molecule has 0 fully saturated rings. The second kappa shape index (κ2) is 18.6. The minimum Gasteiger partial charge on any atom is -0.493 e. The number of nitrogens with one attached hydrogen (secondary N) is 2. The van der Waals surface area contributed by atoms with Gasteiger partial charge in [-0.25, -0.2) is 0 Å². The predicted molar refractivity (Wildman–Crippen MR) is 193 cm³/mol. The molecular weight excluding hydrogens is 640 g/mol. The van der Waals surface area contributed by atoms with Crippen molar-refractivity contribution < 1.29 is 24.4 Å². The van der Waals surface area contributed by atoms with Crippen molar-refractivity contribution in [1.82, 2.24) is 15.6 Å². The molecule has 3 aromatic carbocycles. The number of hydrogen-bond donors (Lipinski definition) is 4. The first kappa shape index (κ1) is 37.6. The van der Waals surface area contributed by atoms with Crippen LogP contribution in [0.2, 0.25) is 5.02 Å². The smallest absolute Gasteiger partial charge is 0.142 e. The zero-order chi connectivity index (χ0) is 35.2. The van der Waals surface area contributed by atoms with Gasteiger partial charge in [0.1, 0.15) is 36.5 Å². The second-order valence-corrected chi connectivity index (χ2v) is 13.0. The zero-order valence-electron chi connectivity index (χ0n) is 28.8. The monoisotopic (exact) mass is 686 g/mol. The second-order valence-electron chi connectivity index (χ2n) is 12.6. The van der Waals surface area contributed by atoms with Gasteiger partial charge in [-0.15, -0.1) is 0 Å². The molecule has 0 saturated heterocycles. The summed E-state index contributed by atoms with van der Waals surface area (Å²) < 4.78 is 18.7. The summed E-state index contributed by atoms with van der Waals surface area (Å²) in [6.45, 7) is 11.3. The lowest BCUT2D eigenvalue weighted by atomic mass is 9.93. The lowest BCUT2D eigenvalue weighted by Crippen LogP contribution is -2.42. The topological polar surface area (TPSA) is 129 Å². The van der Waals surface area contributed by atoms with Crippen LogP contribution in [0.5, 0.6) is 17.2 Å². The number of aliphatic hydroxyl groups is 2. The van der Waals surface area contributed by atoms with Gasteiger partial charge in [0, 0.05) is 48.3 Å². The van der Waals surface area contributed by atoms with Crippen molar-refractivity contribution in [1.29, 1.82) is 5.26 Å². The summed E-state index contributed by atoms with van der Waals surface area (Å²) in [6, 6.07) is 19.8. The largest absolute Gasteiger partial charge is 0.493 e. The number of nitriles is 1. The average molecular weight is 687 g/mol. The molecule has 49 heavy (non-hydrogen) atoms. The van der Waals surface area contributed by atoms with E-state index in [9.17, 15) is 10.4 Å². The Balaban J connectivity index is 1.50. The maximum atomic E-state index is 9.75. The van der Waals surface area contributed by atoms with Crippen LogP contribution in [-0.4, -0.2) is 53.6 Å². The van der Waals surface area contributed by atoms with Crippen LogP contribution in [0.3, 0.4) is 0 Å². The van der Waals surface area contributed by atoms with Crippen molar-refractivity contribution in [3.8, 4) is 34.4 Å². The number of aliphatic hydroxyl groups excluding tert-OH is 2. The van der Waals surface area contributed by atoms with Crippen LogP contribution in [-0.2, 0) is 19.8 Å². The molecule has 1 heterocycles. The number of benzene rings is 3. The summed E-state index contributed by atoms with van der Waals surface area (Å²) in [5.41, 5.74) is 6.91. The molecule has 4 N–H and O–H groups in total. The Kier molecular flexibility index (Phi) is 14.3. The van der Waals surface area contributed by atoms with Gasteiger partial charge < -0.3 is 35.1 Å². The van der Waals surface area contributed by atoms with Gasteiger partial charge in [0.2, 0.25) is 0 Å². The summed E-state index contributed by atoms with van der Waals surface area (Å²) in [5.74, 6) is 1.91. The predicted octanol–water partition coefficient (Wildman–Crippen LogP) is 6.65. The molecule has 0 bridgehead atoms. The number of halogens is 1. The van der Waals surface area contributed by atoms with Crippen molar-refractivity contribution in [3.63, 3.8) is 0 Å². The van der Waals surface area contributed by atoms with Crippen molar-refractivity contribution in [2.45, 2.75) is 65.8 Å². The molecule has 0 unspecified atom stereocenters. The summed E-state index contributed by atoms with van der Waals surface area (Å²) in [4.78, 5) is 4.14. The average Bonchev–Trinajstić information content (AvgIpc) is 3.10. The van der Waals surface area contributed by atoms with Gasteiger partial charge in [0.15, 0.2) is 0 Å². The van der Waals surface area contributed by atoms with E-state index in [4.69, 9.17) is 30.9 Å². The van der Waals surface area contributed by atoms with E-state index in [2.05, 4.69) is 47.7 Å². The van der Waals surface area contributed by atoms with E-state index in [1.807, 2.05) is 44.2 Å². The van der Waals surface area contributed by atoms with Gasteiger partial charge in [-0.2, -0.15) is 5.26 Å². The molecule has 0 aliphatic carbocycles. The molecule has 260 valence electrons. The highest BCUT2D eigenvalue weighted by Crippen LogP contribution is 2.36. The third-order valence-electron chi connectivity index (χ3n) is 8.26. The minimum atomic E-state index is -0.505. The van der Waals surface area contributed by atoms with E-state index in [1.165, 1.54) is 6.20 Å². The fourth-order valence-electron chi connectivity index (χ4n) is 5.20. The maximum Gasteiger partial charge on any atom is 0.142 e. The van der Waals surface area contributed by atoms with E-state index in [0.717, 1.165) is 70.6 Å². The highest BCUT2D eigenvalue weighted by molar-refractivity contribution is 6.32. The molecule has 0 aliphatic heterocycles. The fourth-order valence-corrected chi connectivity index (χ4v) is 5.44. The summed E-state index contributed by atoms with van der Waals surface area (Å²) in [5, 5.41) is 35.0. The highest BCUT2D eigenvalue weighted by atomic mass is 35.5. The Bertz CT molecular complexity index is 1720.